The van der Waals surface area contributed by atoms with Crippen molar-refractivity contribution in [2.24, 2.45) is 18.9 Å². The van der Waals surface area contributed by atoms with Crippen LogP contribution in [0.15, 0.2) is 24.5 Å². The zero-order valence-corrected chi connectivity index (χ0v) is 19.4. The maximum atomic E-state index is 12.5. The number of hydrogen-bond donors (Lipinski definition) is 1. The Hall–Kier alpha value is -3.10. The maximum absolute atomic E-state index is 12.5. The Morgan fingerprint density at radius 2 is 2.03 bits per heavy atom. The Kier molecular flexibility index (Phi) is 6.85. The van der Waals surface area contributed by atoms with Gasteiger partial charge in [-0.1, -0.05) is 0 Å². The molecule has 9 nitrogen and oxygen atoms in total. The molecule has 9 heteroatoms. The molecule has 2 aromatic heterocycles. The van der Waals surface area contributed by atoms with Crippen LogP contribution in [0.1, 0.15) is 51.1 Å². The van der Waals surface area contributed by atoms with Crippen LogP contribution in [0.3, 0.4) is 0 Å². The minimum atomic E-state index is -0.755. The molecule has 0 radical (unpaired) electrons. The standard InChI is InChI=1S/C24H32N4O5/c1-15(16-7-8-16)27(2)24(31)32-14-22-20(13-26-28(22)3)21-10-9-19(12-25-21)33-18-6-4-5-17(11-18)23(29)30/h9-10,12-13,15-18H,4-8,11,14H2,1-3H3,(H,29,30)/t15-,17?,18+/m1/s1. The maximum Gasteiger partial charge on any atom is 0.410 e. The van der Waals surface area contributed by atoms with Gasteiger partial charge in [0.15, 0.2) is 0 Å². The van der Waals surface area contributed by atoms with Gasteiger partial charge in [-0.15, -0.1) is 0 Å². The number of hydrogen-bond acceptors (Lipinski definition) is 6. The highest BCUT2D eigenvalue weighted by Gasteiger charge is 2.33. The third-order valence-corrected chi connectivity index (χ3v) is 6.89. The molecule has 1 amide bonds. The molecule has 33 heavy (non-hydrogen) atoms. The zero-order valence-electron chi connectivity index (χ0n) is 19.4. The van der Waals surface area contributed by atoms with Gasteiger partial charge < -0.3 is 19.5 Å². The van der Waals surface area contributed by atoms with Crippen LogP contribution in [0.5, 0.6) is 5.75 Å². The molecular weight excluding hydrogens is 424 g/mol. The molecule has 178 valence electrons. The molecule has 3 atom stereocenters. The number of pyridine rings is 1. The first kappa shape index (κ1) is 23.1. The second-order valence-electron chi connectivity index (χ2n) is 9.19. The molecule has 0 spiro atoms. The van der Waals surface area contributed by atoms with Crippen molar-refractivity contribution in [3.8, 4) is 17.0 Å². The summed E-state index contributed by atoms with van der Waals surface area (Å²) in [5.41, 5.74) is 2.25. The molecule has 2 aliphatic rings. The van der Waals surface area contributed by atoms with Crippen molar-refractivity contribution in [2.45, 2.75) is 64.2 Å². The van der Waals surface area contributed by atoms with Gasteiger partial charge in [0.05, 0.1) is 35.8 Å². The van der Waals surface area contributed by atoms with E-state index in [9.17, 15) is 14.7 Å². The van der Waals surface area contributed by atoms with Crippen LogP contribution in [0.25, 0.3) is 11.3 Å². The van der Waals surface area contributed by atoms with E-state index in [2.05, 4.69) is 17.0 Å². The fraction of sp³-hybridized carbons (Fsp3) is 0.583. The van der Waals surface area contributed by atoms with Gasteiger partial charge in [-0.05, 0) is 63.5 Å². The van der Waals surface area contributed by atoms with Crippen molar-refractivity contribution < 1.29 is 24.2 Å². The van der Waals surface area contributed by atoms with E-state index < -0.39 is 5.97 Å². The highest BCUT2D eigenvalue weighted by Crippen LogP contribution is 2.35. The van der Waals surface area contributed by atoms with Gasteiger partial charge in [-0.3, -0.25) is 14.5 Å². The zero-order chi connectivity index (χ0) is 23.5. The Morgan fingerprint density at radius 1 is 1.24 bits per heavy atom. The lowest BCUT2D eigenvalue weighted by Gasteiger charge is -2.27. The summed E-state index contributed by atoms with van der Waals surface area (Å²) in [5.74, 6) is 0.0865. The monoisotopic (exact) mass is 456 g/mol. The molecule has 0 saturated heterocycles. The molecule has 0 aromatic carbocycles. The lowest BCUT2D eigenvalue weighted by atomic mass is 9.87. The SMILES string of the molecule is C[C@H](C1CC1)N(C)C(=O)OCc1c(-c2ccc(O[C@H]3CCCC(C(=O)O)C3)cn2)cnn1C. The number of amides is 1. The number of carbonyl (C=O) groups is 2. The lowest BCUT2D eigenvalue weighted by molar-refractivity contribution is -0.143. The summed E-state index contributed by atoms with van der Waals surface area (Å²) in [6.45, 7) is 2.15. The van der Waals surface area contributed by atoms with Crippen molar-refractivity contribution >= 4 is 12.1 Å². The van der Waals surface area contributed by atoms with E-state index in [1.165, 1.54) is 0 Å². The number of nitrogens with zero attached hydrogens (tertiary/aromatic N) is 4. The van der Waals surface area contributed by atoms with Crippen LogP contribution in [0, 0.1) is 11.8 Å². The van der Waals surface area contributed by atoms with E-state index in [4.69, 9.17) is 9.47 Å². The van der Waals surface area contributed by atoms with Gasteiger partial charge in [0.25, 0.3) is 0 Å². The van der Waals surface area contributed by atoms with Crippen molar-refractivity contribution in [3.63, 3.8) is 0 Å². The summed E-state index contributed by atoms with van der Waals surface area (Å²) in [6, 6.07) is 3.85. The second kappa shape index (κ2) is 9.80. The van der Waals surface area contributed by atoms with E-state index in [1.807, 2.05) is 19.2 Å². The van der Waals surface area contributed by atoms with E-state index in [0.717, 1.165) is 36.9 Å². The molecule has 1 N–H and O–H groups in total. The van der Waals surface area contributed by atoms with Crippen molar-refractivity contribution in [1.82, 2.24) is 19.7 Å². The molecule has 0 aliphatic heterocycles. The van der Waals surface area contributed by atoms with Gasteiger partial charge in [-0.2, -0.15) is 5.10 Å². The van der Waals surface area contributed by atoms with E-state index in [0.29, 0.717) is 30.2 Å². The summed E-state index contributed by atoms with van der Waals surface area (Å²) >= 11 is 0. The smallest absolute Gasteiger partial charge is 0.410 e. The number of rotatable bonds is 8. The molecule has 2 fully saturated rings. The Balaban J connectivity index is 1.38. The predicted octanol–water partition coefficient (Wildman–Crippen LogP) is 3.87. The first-order chi connectivity index (χ1) is 15.8. The number of carbonyl (C=O) groups excluding carboxylic acids is 1. The third kappa shape index (κ3) is 5.46. The number of aliphatic carboxylic acids is 1. The van der Waals surface area contributed by atoms with Crippen molar-refractivity contribution in [2.75, 3.05) is 7.05 Å². The van der Waals surface area contributed by atoms with Crippen molar-refractivity contribution in [1.29, 1.82) is 0 Å². The molecule has 0 bridgehead atoms. The fourth-order valence-corrected chi connectivity index (χ4v) is 4.42. The van der Waals surface area contributed by atoms with Crippen LogP contribution >= 0.6 is 0 Å². The van der Waals surface area contributed by atoms with Crippen LogP contribution < -0.4 is 4.74 Å². The van der Waals surface area contributed by atoms with E-state index >= 15 is 0 Å². The normalized spacial score (nSPS) is 21.3. The van der Waals surface area contributed by atoms with E-state index in [1.54, 1.807) is 29.0 Å². The highest BCUT2D eigenvalue weighted by molar-refractivity contribution is 5.70. The van der Waals surface area contributed by atoms with Gasteiger partial charge in [-0.25, -0.2) is 4.79 Å². The Bertz CT molecular complexity index is 985. The van der Waals surface area contributed by atoms with Crippen molar-refractivity contribution in [3.05, 3.63) is 30.2 Å². The summed E-state index contributed by atoms with van der Waals surface area (Å²) in [4.78, 5) is 29.9. The lowest BCUT2D eigenvalue weighted by Crippen LogP contribution is -2.36. The summed E-state index contributed by atoms with van der Waals surface area (Å²) in [6.07, 6.45) is 8.14. The molecular formula is C24H32N4O5. The molecule has 2 saturated carbocycles. The summed E-state index contributed by atoms with van der Waals surface area (Å²) in [7, 11) is 3.59. The predicted molar refractivity (Wildman–Crippen MR) is 121 cm³/mol. The molecule has 2 heterocycles. The van der Waals surface area contributed by atoms with Gasteiger partial charge in [0.2, 0.25) is 0 Å². The van der Waals surface area contributed by atoms with Crippen LogP contribution in [0.4, 0.5) is 4.79 Å². The number of ether oxygens (including phenoxy) is 2. The number of aryl methyl sites for hydroxylation is 1. The summed E-state index contributed by atoms with van der Waals surface area (Å²) < 4.78 is 13.2. The topological polar surface area (TPSA) is 107 Å². The van der Waals surface area contributed by atoms with Crippen LogP contribution in [0.2, 0.25) is 0 Å². The first-order valence-corrected chi connectivity index (χ1v) is 11.6. The average Bonchev–Trinajstić information content (AvgIpc) is 3.60. The average molecular weight is 457 g/mol. The first-order valence-electron chi connectivity index (χ1n) is 11.6. The third-order valence-electron chi connectivity index (χ3n) is 6.89. The number of aromatic nitrogens is 3. The molecule has 2 aromatic rings. The second-order valence-corrected chi connectivity index (χ2v) is 9.19. The quantitative estimate of drug-likeness (QED) is 0.642. The van der Waals surface area contributed by atoms with Gasteiger partial charge in [0.1, 0.15) is 12.4 Å². The number of carboxylic acid groups (broad SMARTS) is 1. The Labute approximate surface area is 193 Å². The minimum absolute atomic E-state index is 0.102. The minimum Gasteiger partial charge on any atom is -0.489 e. The highest BCUT2D eigenvalue weighted by atomic mass is 16.6. The Morgan fingerprint density at radius 3 is 2.70 bits per heavy atom. The molecule has 1 unspecified atom stereocenters. The van der Waals surface area contributed by atoms with Gasteiger partial charge >= 0.3 is 12.1 Å². The fourth-order valence-electron chi connectivity index (χ4n) is 4.42. The van der Waals surface area contributed by atoms with Crippen LogP contribution in [-0.4, -0.2) is 56.0 Å². The number of carboxylic acids is 1. The molecule has 2 aliphatic carbocycles. The van der Waals surface area contributed by atoms with Gasteiger partial charge in [0, 0.05) is 25.7 Å². The largest absolute Gasteiger partial charge is 0.489 e. The van der Waals surface area contributed by atoms with Crippen LogP contribution in [-0.2, 0) is 23.2 Å². The van der Waals surface area contributed by atoms with E-state index in [-0.39, 0.29) is 30.8 Å². The molecule has 4 rings (SSSR count). The summed E-state index contributed by atoms with van der Waals surface area (Å²) in [5, 5.41) is 13.6.